The van der Waals surface area contributed by atoms with Crippen molar-refractivity contribution in [2.45, 2.75) is 19.8 Å². The molecule has 3 rings (SSSR count). The fourth-order valence-corrected chi connectivity index (χ4v) is 3.39. The van der Waals surface area contributed by atoms with Gasteiger partial charge in [-0.3, -0.25) is 9.59 Å². The Kier molecular flexibility index (Phi) is 7.48. The Hall–Kier alpha value is -3.55. The number of para-hydroxylation sites is 1. The molecule has 1 aliphatic heterocycles. The molecule has 164 valence electrons. The van der Waals surface area contributed by atoms with Gasteiger partial charge < -0.3 is 25.0 Å². The van der Waals surface area contributed by atoms with Crippen LogP contribution in [0.2, 0.25) is 0 Å². The van der Waals surface area contributed by atoms with Crippen LogP contribution < -0.4 is 20.1 Å². The van der Waals surface area contributed by atoms with E-state index >= 15 is 0 Å². The van der Waals surface area contributed by atoms with Crippen molar-refractivity contribution in [2.75, 3.05) is 32.1 Å². The lowest BCUT2D eigenvalue weighted by atomic mass is 9.97. The summed E-state index contributed by atoms with van der Waals surface area (Å²) >= 11 is 0. The van der Waals surface area contributed by atoms with Crippen LogP contribution in [0.1, 0.15) is 18.4 Å². The van der Waals surface area contributed by atoms with Gasteiger partial charge >= 0.3 is 17.9 Å². The largest absolute Gasteiger partial charge is 0.495 e. The summed E-state index contributed by atoms with van der Waals surface area (Å²) in [5.41, 5.74) is 1.39. The van der Waals surface area contributed by atoms with Crippen LogP contribution >= 0.6 is 0 Å². The number of anilines is 1. The SMILES string of the molecule is COc1ccc(C)cc1NC(=O)C(=O)NCC1CCN(C(=O)Oc2ccccc2)CC1. The third kappa shape index (κ3) is 6.21. The molecule has 1 saturated heterocycles. The van der Waals surface area contributed by atoms with E-state index in [4.69, 9.17) is 9.47 Å². The normalized spacial score (nSPS) is 13.9. The number of benzene rings is 2. The fourth-order valence-electron chi connectivity index (χ4n) is 3.39. The zero-order chi connectivity index (χ0) is 22.2. The summed E-state index contributed by atoms with van der Waals surface area (Å²) in [5.74, 6) is -0.257. The van der Waals surface area contributed by atoms with Crippen molar-refractivity contribution < 1.29 is 23.9 Å². The zero-order valence-electron chi connectivity index (χ0n) is 17.7. The number of carbonyl (C=O) groups excluding carboxylic acids is 3. The van der Waals surface area contributed by atoms with Crippen molar-refractivity contribution in [3.63, 3.8) is 0 Å². The molecular formula is C23H27N3O5. The monoisotopic (exact) mass is 425 g/mol. The van der Waals surface area contributed by atoms with E-state index < -0.39 is 11.8 Å². The summed E-state index contributed by atoms with van der Waals surface area (Å²) in [4.78, 5) is 38.3. The van der Waals surface area contributed by atoms with Gasteiger partial charge in [0.05, 0.1) is 12.8 Å². The molecule has 2 N–H and O–H groups in total. The minimum atomic E-state index is -0.743. The predicted molar refractivity (Wildman–Crippen MR) is 116 cm³/mol. The lowest BCUT2D eigenvalue weighted by molar-refractivity contribution is -0.136. The van der Waals surface area contributed by atoms with Crippen LogP contribution in [0.3, 0.4) is 0 Å². The van der Waals surface area contributed by atoms with Gasteiger partial charge in [-0.15, -0.1) is 0 Å². The second-order valence-corrected chi connectivity index (χ2v) is 7.48. The standard InChI is InChI=1S/C23H27N3O5/c1-16-8-9-20(30-2)19(14-16)25-22(28)21(27)24-15-17-10-12-26(13-11-17)23(29)31-18-6-4-3-5-7-18/h3-9,14,17H,10-13,15H2,1-2H3,(H,24,27)(H,25,28). The van der Waals surface area contributed by atoms with Gasteiger partial charge in [0.15, 0.2) is 0 Å². The minimum absolute atomic E-state index is 0.186. The lowest BCUT2D eigenvalue weighted by Crippen LogP contribution is -2.44. The number of likely N-dealkylation sites (tertiary alicyclic amines) is 1. The number of nitrogens with one attached hydrogen (secondary N) is 2. The highest BCUT2D eigenvalue weighted by molar-refractivity contribution is 6.39. The van der Waals surface area contributed by atoms with E-state index in [0.717, 1.165) is 18.4 Å². The highest BCUT2D eigenvalue weighted by Gasteiger charge is 2.25. The Morgan fingerprint density at radius 3 is 2.42 bits per heavy atom. The Balaban J connectivity index is 1.42. The highest BCUT2D eigenvalue weighted by Crippen LogP contribution is 2.25. The first-order valence-corrected chi connectivity index (χ1v) is 10.2. The van der Waals surface area contributed by atoms with E-state index in [-0.39, 0.29) is 12.0 Å². The summed E-state index contributed by atoms with van der Waals surface area (Å²) in [6.45, 7) is 3.34. The Morgan fingerprint density at radius 1 is 1.03 bits per heavy atom. The van der Waals surface area contributed by atoms with Gasteiger partial charge in [0.25, 0.3) is 0 Å². The van der Waals surface area contributed by atoms with Crippen LogP contribution in [-0.4, -0.2) is 49.6 Å². The number of amides is 3. The highest BCUT2D eigenvalue weighted by atomic mass is 16.6. The summed E-state index contributed by atoms with van der Waals surface area (Å²) < 4.78 is 10.6. The molecule has 0 atom stereocenters. The number of piperidine rings is 1. The molecule has 31 heavy (non-hydrogen) atoms. The maximum Gasteiger partial charge on any atom is 0.415 e. The molecule has 0 unspecified atom stereocenters. The van der Waals surface area contributed by atoms with E-state index in [0.29, 0.717) is 36.8 Å². The second kappa shape index (κ2) is 10.5. The van der Waals surface area contributed by atoms with Crippen LogP contribution in [0, 0.1) is 12.8 Å². The predicted octanol–water partition coefficient (Wildman–Crippen LogP) is 2.97. The molecule has 0 aliphatic carbocycles. The van der Waals surface area contributed by atoms with Crippen LogP contribution in [-0.2, 0) is 9.59 Å². The van der Waals surface area contributed by atoms with E-state index in [1.807, 2.05) is 31.2 Å². The smallest absolute Gasteiger partial charge is 0.415 e. The number of methoxy groups -OCH3 is 1. The molecule has 1 aliphatic rings. The summed E-state index contributed by atoms with van der Waals surface area (Å²) in [6, 6.07) is 14.3. The second-order valence-electron chi connectivity index (χ2n) is 7.48. The number of aryl methyl sites for hydroxylation is 1. The van der Waals surface area contributed by atoms with Crippen molar-refractivity contribution in [1.82, 2.24) is 10.2 Å². The molecule has 8 heteroatoms. The van der Waals surface area contributed by atoms with E-state index in [2.05, 4.69) is 10.6 Å². The molecule has 3 amide bonds. The van der Waals surface area contributed by atoms with Crippen molar-refractivity contribution in [3.8, 4) is 11.5 Å². The van der Waals surface area contributed by atoms with E-state index in [1.165, 1.54) is 7.11 Å². The zero-order valence-corrected chi connectivity index (χ0v) is 17.7. The number of ether oxygens (including phenoxy) is 2. The molecule has 1 heterocycles. The van der Waals surface area contributed by atoms with E-state index in [1.54, 1.807) is 29.2 Å². The minimum Gasteiger partial charge on any atom is -0.495 e. The number of carbonyl (C=O) groups is 3. The van der Waals surface area contributed by atoms with Crippen LogP contribution in [0.5, 0.6) is 11.5 Å². The Bertz CT molecular complexity index is 924. The molecule has 2 aromatic carbocycles. The molecule has 2 aromatic rings. The van der Waals surface area contributed by atoms with Crippen molar-refractivity contribution in [2.24, 2.45) is 5.92 Å². The molecule has 0 aromatic heterocycles. The number of rotatable bonds is 5. The van der Waals surface area contributed by atoms with Crippen LogP contribution in [0.4, 0.5) is 10.5 Å². The van der Waals surface area contributed by atoms with Crippen molar-refractivity contribution in [1.29, 1.82) is 0 Å². The van der Waals surface area contributed by atoms with Gasteiger partial charge in [-0.1, -0.05) is 24.3 Å². The average Bonchev–Trinajstić information content (AvgIpc) is 2.78. The molecular weight excluding hydrogens is 398 g/mol. The van der Waals surface area contributed by atoms with Gasteiger partial charge in [0.1, 0.15) is 11.5 Å². The van der Waals surface area contributed by atoms with Crippen molar-refractivity contribution >= 4 is 23.6 Å². The van der Waals surface area contributed by atoms with Gasteiger partial charge in [-0.25, -0.2) is 4.79 Å². The maximum atomic E-state index is 12.3. The molecule has 0 spiro atoms. The van der Waals surface area contributed by atoms with Crippen LogP contribution in [0.15, 0.2) is 48.5 Å². The quantitative estimate of drug-likeness (QED) is 0.718. The van der Waals surface area contributed by atoms with Gasteiger partial charge in [0, 0.05) is 19.6 Å². The van der Waals surface area contributed by atoms with Gasteiger partial charge in [-0.05, 0) is 55.5 Å². The Labute approximate surface area is 181 Å². The molecule has 0 saturated carbocycles. The fraction of sp³-hybridized carbons (Fsp3) is 0.348. The molecule has 0 radical (unpaired) electrons. The summed E-state index contributed by atoms with van der Waals surface area (Å²) in [7, 11) is 1.50. The first-order chi connectivity index (χ1) is 15.0. The number of hydrogen-bond acceptors (Lipinski definition) is 5. The summed E-state index contributed by atoms with van der Waals surface area (Å²) in [5, 5.41) is 5.27. The first-order valence-electron chi connectivity index (χ1n) is 10.2. The van der Waals surface area contributed by atoms with Gasteiger partial charge in [-0.2, -0.15) is 0 Å². The first kappa shape index (κ1) is 22.1. The third-order valence-corrected chi connectivity index (χ3v) is 5.18. The van der Waals surface area contributed by atoms with Crippen molar-refractivity contribution in [3.05, 3.63) is 54.1 Å². The summed E-state index contributed by atoms with van der Waals surface area (Å²) in [6.07, 6.45) is 1.06. The molecule has 1 fully saturated rings. The van der Waals surface area contributed by atoms with Gasteiger partial charge in [0.2, 0.25) is 0 Å². The lowest BCUT2D eigenvalue weighted by Gasteiger charge is -2.31. The van der Waals surface area contributed by atoms with Crippen LogP contribution in [0.25, 0.3) is 0 Å². The number of hydrogen-bond donors (Lipinski definition) is 2. The topological polar surface area (TPSA) is 97.0 Å². The molecule has 8 nitrogen and oxygen atoms in total. The maximum absolute atomic E-state index is 12.3. The molecule has 0 bridgehead atoms. The Morgan fingerprint density at radius 2 is 1.74 bits per heavy atom. The average molecular weight is 425 g/mol. The number of nitrogens with zero attached hydrogens (tertiary/aromatic N) is 1. The van der Waals surface area contributed by atoms with E-state index in [9.17, 15) is 14.4 Å². The third-order valence-electron chi connectivity index (χ3n) is 5.18.